The first kappa shape index (κ1) is 14.1. The first-order valence-corrected chi connectivity index (χ1v) is 6.91. The molecule has 19 heavy (non-hydrogen) atoms. The summed E-state index contributed by atoms with van der Waals surface area (Å²) in [5.74, 6) is 0.631. The van der Waals surface area contributed by atoms with Crippen LogP contribution in [0.5, 0.6) is 5.75 Å². The highest BCUT2D eigenvalue weighted by Gasteiger charge is 2.07. The summed E-state index contributed by atoms with van der Waals surface area (Å²) in [5.41, 5.74) is 4.24. The van der Waals surface area contributed by atoms with Crippen molar-refractivity contribution >= 4 is 15.9 Å². The maximum atomic E-state index is 13.3. The van der Waals surface area contributed by atoms with Crippen molar-refractivity contribution in [2.75, 3.05) is 0 Å². The topological polar surface area (TPSA) is 9.23 Å². The minimum absolute atomic E-state index is 0.259. The third kappa shape index (κ3) is 3.35. The van der Waals surface area contributed by atoms with E-state index in [-0.39, 0.29) is 5.82 Å². The molecule has 1 nitrogen and oxygen atoms in total. The number of rotatable bonds is 3. The number of halogens is 2. The fourth-order valence-electron chi connectivity index (χ4n) is 2.00. The summed E-state index contributed by atoms with van der Waals surface area (Å²) in [6, 6.07) is 8.91. The van der Waals surface area contributed by atoms with Crippen molar-refractivity contribution in [3.05, 3.63) is 62.9 Å². The van der Waals surface area contributed by atoms with Gasteiger partial charge in [0.2, 0.25) is 0 Å². The standard InChI is InChI=1S/C16H16BrFO/c1-10-4-5-11(2)16(12(10)3)19-9-13-6-14(17)8-15(18)7-13/h4-8H,9H2,1-3H3. The lowest BCUT2D eigenvalue weighted by molar-refractivity contribution is 0.301. The molecule has 0 aliphatic heterocycles. The Morgan fingerprint density at radius 1 is 1.05 bits per heavy atom. The zero-order valence-corrected chi connectivity index (χ0v) is 12.8. The second kappa shape index (κ2) is 5.74. The highest BCUT2D eigenvalue weighted by molar-refractivity contribution is 9.10. The van der Waals surface area contributed by atoms with Gasteiger partial charge in [-0.1, -0.05) is 28.1 Å². The molecule has 2 aromatic rings. The van der Waals surface area contributed by atoms with Crippen molar-refractivity contribution in [3.63, 3.8) is 0 Å². The van der Waals surface area contributed by atoms with Crippen LogP contribution in [0.3, 0.4) is 0 Å². The molecule has 0 amide bonds. The van der Waals surface area contributed by atoms with Gasteiger partial charge in [-0.3, -0.25) is 0 Å². The molecule has 0 spiro atoms. The summed E-state index contributed by atoms with van der Waals surface area (Å²) in [7, 11) is 0. The predicted molar refractivity (Wildman–Crippen MR) is 79.1 cm³/mol. The van der Waals surface area contributed by atoms with Crippen LogP contribution in [0, 0.1) is 26.6 Å². The molecule has 3 heteroatoms. The van der Waals surface area contributed by atoms with Gasteiger partial charge in [-0.25, -0.2) is 4.39 Å². The first-order chi connectivity index (χ1) is 8.97. The maximum Gasteiger partial charge on any atom is 0.125 e. The van der Waals surface area contributed by atoms with Crippen LogP contribution in [0.2, 0.25) is 0 Å². The van der Waals surface area contributed by atoms with Gasteiger partial charge in [0.05, 0.1) is 0 Å². The van der Waals surface area contributed by atoms with Crippen molar-refractivity contribution in [3.8, 4) is 5.75 Å². The van der Waals surface area contributed by atoms with Crippen LogP contribution in [0.1, 0.15) is 22.3 Å². The molecular weight excluding hydrogens is 307 g/mol. The summed E-state index contributed by atoms with van der Waals surface area (Å²) in [6.07, 6.45) is 0. The van der Waals surface area contributed by atoms with Crippen molar-refractivity contribution in [1.82, 2.24) is 0 Å². The average Bonchev–Trinajstić information content (AvgIpc) is 2.33. The van der Waals surface area contributed by atoms with Crippen LogP contribution in [0.25, 0.3) is 0 Å². The fourth-order valence-corrected chi connectivity index (χ4v) is 2.51. The van der Waals surface area contributed by atoms with Crippen molar-refractivity contribution in [1.29, 1.82) is 0 Å². The smallest absolute Gasteiger partial charge is 0.125 e. The first-order valence-electron chi connectivity index (χ1n) is 6.12. The molecule has 100 valence electrons. The largest absolute Gasteiger partial charge is 0.488 e. The Morgan fingerprint density at radius 2 is 1.74 bits per heavy atom. The van der Waals surface area contributed by atoms with Crippen molar-refractivity contribution < 1.29 is 9.13 Å². The quantitative estimate of drug-likeness (QED) is 0.764. The number of aryl methyl sites for hydroxylation is 2. The average molecular weight is 323 g/mol. The molecule has 0 aliphatic rings. The summed E-state index contributed by atoms with van der Waals surface area (Å²) in [6.45, 7) is 6.48. The maximum absolute atomic E-state index is 13.3. The Hall–Kier alpha value is -1.35. The van der Waals surface area contributed by atoms with E-state index in [0.717, 1.165) is 26.9 Å². The Balaban J connectivity index is 2.21. The Bertz CT molecular complexity index is 588. The van der Waals surface area contributed by atoms with Crippen LogP contribution < -0.4 is 4.74 Å². The molecule has 0 atom stereocenters. The lowest BCUT2D eigenvalue weighted by atomic mass is 10.1. The van der Waals surface area contributed by atoms with Crippen LogP contribution in [-0.4, -0.2) is 0 Å². The summed E-state index contributed by atoms with van der Waals surface area (Å²) in [5, 5.41) is 0. The monoisotopic (exact) mass is 322 g/mol. The normalized spacial score (nSPS) is 10.6. The molecule has 0 radical (unpaired) electrons. The Kier molecular flexibility index (Phi) is 4.25. The van der Waals surface area contributed by atoms with Crippen LogP contribution in [0.4, 0.5) is 4.39 Å². The van der Waals surface area contributed by atoms with Crippen molar-refractivity contribution in [2.24, 2.45) is 0 Å². The van der Waals surface area contributed by atoms with Gasteiger partial charge < -0.3 is 4.74 Å². The van der Waals surface area contributed by atoms with E-state index in [9.17, 15) is 4.39 Å². The molecular formula is C16H16BrFO. The molecule has 0 heterocycles. The highest BCUT2D eigenvalue weighted by atomic mass is 79.9. The second-order valence-electron chi connectivity index (χ2n) is 4.72. The minimum atomic E-state index is -0.259. The molecule has 0 bridgehead atoms. The zero-order chi connectivity index (χ0) is 14.0. The number of hydrogen-bond donors (Lipinski definition) is 0. The van der Waals surface area contributed by atoms with Gasteiger partial charge in [-0.2, -0.15) is 0 Å². The van der Waals surface area contributed by atoms with Gasteiger partial charge in [-0.05, 0) is 61.2 Å². The zero-order valence-electron chi connectivity index (χ0n) is 11.3. The molecule has 0 unspecified atom stereocenters. The van der Waals surface area contributed by atoms with Gasteiger partial charge in [-0.15, -0.1) is 0 Å². The van der Waals surface area contributed by atoms with E-state index in [4.69, 9.17) is 4.74 Å². The SMILES string of the molecule is Cc1ccc(C)c(OCc2cc(F)cc(Br)c2)c1C. The highest BCUT2D eigenvalue weighted by Crippen LogP contribution is 2.27. The third-order valence-corrected chi connectivity index (χ3v) is 3.64. The summed E-state index contributed by atoms with van der Waals surface area (Å²) in [4.78, 5) is 0. The molecule has 0 aromatic heterocycles. The summed E-state index contributed by atoms with van der Waals surface area (Å²) < 4.78 is 19.9. The van der Waals surface area contributed by atoms with Gasteiger partial charge in [0.25, 0.3) is 0 Å². The van der Waals surface area contributed by atoms with E-state index in [1.165, 1.54) is 17.7 Å². The minimum Gasteiger partial charge on any atom is -0.488 e. The molecule has 2 rings (SSSR count). The van der Waals surface area contributed by atoms with Crippen LogP contribution >= 0.6 is 15.9 Å². The van der Waals surface area contributed by atoms with Crippen LogP contribution in [0.15, 0.2) is 34.8 Å². The fraction of sp³-hybridized carbons (Fsp3) is 0.250. The summed E-state index contributed by atoms with van der Waals surface area (Å²) >= 11 is 3.28. The lowest BCUT2D eigenvalue weighted by Crippen LogP contribution is -2.00. The molecule has 2 aromatic carbocycles. The van der Waals surface area contributed by atoms with Gasteiger partial charge in [0, 0.05) is 4.47 Å². The molecule has 0 aliphatic carbocycles. The van der Waals surface area contributed by atoms with Gasteiger partial charge in [0.1, 0.15) is 18.2 Å². The van der Waals surface area contributed by atoms with E-state index < -0.39 is 0 Å². The number of benzene rings is 2. The lowest BCUT2D eigenvalue weighted by Gasteiger charge is -2.14. The second-order valence-corrected chi connectivity index (χ2v) is 5.64. The molecule has 0 saturated heterocycles. The van der Waals surface area contributed by atoms with Gasteiger partial charge in [0.15, 0.2) is 0 Å². The van der Waals surface area contributed by atoms with E-state index >= 15 is 0 Å². The Morgan fingerprint density at radius 3 is 2.42 bits per heavy atom. The molecule has 0 saturated carbocycles. The van der Waals surface area contributed by atoms with E-state index in [0.29, 0.717) is 6.61 Å². The Labute approximate surface area is 121 Å². The van der Waals surface area contributed by atoms with Crippen LogP contribution in [-0.2, 0) is 6.61 Å². The van der Waals surface area contributed by atoms with E-state index in [1.54, 1.807) is 0 Å². The molecule has 0 fully saturated rings. The molecule has 0 N–H and O–H groups in total. The van der Waals surface area contributed by atoms with E-state index in [1.807, 2.05) is 26.0 Å². The number of hydrogen-bond acceptors (Lipinski definition) is 1. The third-order valence-electron chi connectivity index (χ3n) is 3.18. The van der Waals surface area contributed by atoms with Crippen molar-refractivity contribution in [2.45, 2.75) is 27.4 Å². The number of ether oxygens (including phenoxy) is 1. The van der Waals surface area contributed by atoms with E-state index in [2.05, 4.69) is 28.9 Å². The van der Waals surface area contributed by atoms with Gasteiger partial charge >= 0.3 is 0 Å². The predicted octanol–water partition coefficient (Wildman–Crippen LogP) is 5.09.